The van der Waals surface area contributed by atoms with Crippen LogP contribution >= 0.6 is 0 Å². The van der Waals surface area contributed by atoms with Gasteiger partial charge < -0.3 is 20.1 Å². The van der Waals surface area contributed by atoms with Crippen LogP contribution < -0.4 is 20.1 Å². The van der Waals surface area contributed by atoms with Crippen molar-refractivity contribution in [2.24, 2.45) is 0 Å². The fraction of sp³-hybridized carbons (Fsp3) is 0.217. The van der Waals surface area contributed by atoms with Gasteiger partial charge >= 0.3 is 0 Å². The van der Waals surface area contributed by atoms with E-state index < -0.39 is 0 Å². The number of aryl methyl sites for hydroxylation is 1. The number of nitrogens with zero attached hydrogens (tertiary/aromatic N) is 1. The van der Waals surface area contributed by atoms with Gasteiger partial charge in [0.2, 0.25) is 0 Å². The van der Waals surface area contributed by atoms with Gasteiger partial charge in [-0.25, -0.2) is 0 Å². The van der Waals surface area contributed by atoms with Crippen molar-refractivity contribution in [1.82, 2.24) is 4.98 Å². The molecule has 0 radical (unpaired) electrons. The van der Waals surface area contributed by atoms with E-state index in [0.717, 1.165) is 28.9 Å². The molecule has 1 aromatic heterocycles. The third-order valence-corrected chi connectivity index (χ3v) is 4.58. The molecular weight excluding hydrogens is 366 g/mol. The van der Waals surface area contributed by atoms with Crippen molar-refractivity contribution < 1.29 is 14.3 Å². The largest absolute Gasteiger partial charge is 0.493 e. The van der Waals surface area contributed by atoms with Gasteiger partial charge in [0.1, 0.15) is 0 Å². The van der Waals surface area contributed by atoms with Gasteiger partial charge in [-0.1, -0.05) is 24.3 Å². The number of benzene rings is 2. The second-order valence-electron chi connectivity index (χ2n) is 6.60. The molecule has 0 fully saturated rings. The second-order valence-corrected chi connectivity index (χ2v) is 6.60. The molecule has 2 aromatic carbocycles. The van der Waals surface area contributed by atoms with Gasteiger partial charge in [-0.3, -0.25) is 9.78 Å². The summed E-state index contributed by atoms with van der Waals surface area (Å²) in [7, 11) is 3.24. The standard InChI is InChI=1S/C23H25N3O3/c1-16-6-4-5-7-20(16)26-23(27)18-13-19(15-24-14-18)25-11-10-17-8-9-21(28-2)22(12-17)29-3/h4-9,12-15,25H,10-11H2,1-3H3,(H,26,27). The van der Waals surface area contributed by atoms with Crippen molar-refractivity contribution in [2.75, 3.05) is 31.4 Å². The molecule has 150 valence electrons. The van der Waals surface area contributed by atoms with Crippen molar-refractivity contribution in [3.8, 4) is 11.5 Å². The zero-order valence-electron chi connectivity index (χ0n) is 16.9. The highest BCUT2D eigenvalue weighted by Crippen LogP contribution is 2.27. The number of carbonyl (C=O) groups excluding carboxylic acids is 1. The maximum Gasteiger partial charge on any atom is 0.257 e. The van der Waals surface area contributed by atoms with Gasteiger partial charge in [0, 0.05) is 24.6 Å². The van der Waals surface area contributed by atoms with Gasteiger partial charge in [0.15, 0.2) is 11.5 Å². The Morgan fingerprint density at radius 2 is 1.79 bits per heavy atom. The SMILES string of the molecule is COc1ccc(CCNc2cncc(C(=O)Nc3ccccc3C)c2)cc1OC. The maximum atomic E-state index is 12.5. The molecule has 29 heavy (non-hydrogen) atoms. The molecule has 6 nitrogen and oxygen atoms in total. The van der Waals surface area contributed by atoms with Crippen LogP contribution in [-0.2, 0) is 6.42 Å². The number of nitrogens with one attached hydrogen (secondary N) is 2. The zero-order valence-corrected chi connectivity index (χ0v) is 16.9. The molecule has 2 N–H and O–H groups in total. The molecule has 0 spiro atoms. The van der Waals surface area contributed by atoms with E-state index in [4.69, 9.17) is 9.47 Å². The fourth-order valence-corrected chi connectivity index (χ4v) is 2.96. The van der Waals surface area contributed by atoms with E-state index in [2.05, 4.69) is 15.6 Å². The van der Waals surface area contributed by atoms with E-state index in [1.807, 2.05) is 49.4 Å². The maximum absolute atomic E-state index is 12.5. The van der Waals surface area contributed by atoms with E-state index in [0.29, 0.717) is 23.6 Å². The normalized spacial score (nSPS) is 10.3. The van der Waals surface area contributed by atoms with E-state index >= 15 is 0 Å². The van der Waals surface area contributed by atoms with Crippen molar-refractivity contribution in [1.29, 1.82) is 0 Å². The van der Waals surface area contributed by atoms with E-state index in [-0.39, 0.29) is 5.91 Å². The van der Waals surface area contributed by atoms with Crippen molar-refractivity contribution >= 4 is 17.3 Å². The molecule has 0 bridgehead atoms. The predicted octanol–water partition coefficient (Wildman–Crippen LogP) is 4.31. The average Bonchev–Trinajstić information content (AvgIpc) is 2.75. The predicted molar refractivity (Wildman–Crippen MR) is 115 cm³/mol. The Morgan fingerprint density at radius 3 is 2.55 bits per heavy atom. The molecule has 1 heterocycles. The minimum Gasteiger partial charge on any atom is -0.493 e. The molecule has 0 saturated carbocycles. The highest BCUT2D eigenvalue weighted by atomic mass is 16.5. The molecule has 3 aromatic rings. The molecule has 6 heteroatoms. The smallest absolute Gasteiger partial charge is 0.257 e. The fourth-order valence-electron chi connectivity index (χ4n) is 2.96. The minimum atomic E-state index is -0.185. The summed E-state index contributed by atoms with van der Waals surface area (Å²) in [5.41, 5.74) is 4.23. The number of rotatable bonds is 8. The molecule has 3 rings (SSSR count). The Kier molecular flexibility index (Phi) is 6.68. The summed E-state index contributed by atoms with van der Waals surface area (Å²) in [5, 5.41) is 6.24. The number of hydrogen-bond acceptors (Lipinski definition) is 5. The first kappa shape index (κ1) is 20.2. The Morgan fingerprint density at radius 1 is 1.00 bits per heavy atom. The molecular formula is C23H25N3O3. The zero-order chi connectivity index (χ0) is 20.6. The first-order chi connectivity index (χ1) is 14.1. The molecule has 0 atom stereocenters. The van der Waals surface area contributed by atoms with Crippen LogP contribution in [0.1, 0.15) is 21.5 Å². The van der Waals surface area contributed by atoms with Gasteiger partial charge in [-0.15, -0.1) is 0 Å². The van der Waals surface area contributed by atoms with Gasteiger partial charge in [-0.05, 0) is 48.7 Å². The quantitative estimate of drug-likeness (QED) is 0.598. The van der Waals surface area contributed by atoms with Crippen LogP contribution in [0.2, 0.25) is 0 Å². The number of methoxy groups -OCH3 is 2. The summed E-state index contributed by atoms with van der Waals surface area (Å²) in [6, 6.07) is 15.3. The molecule has 0 aliphatic carbocycles. The lowest BCUT2D eigenvalue weighted by Gasteiger charge is -2.11. The topological polar surface area (TPSA) is 72.5 Å². The minimum absolute atomic E-state index is 0.185. The van der Waals surface area contributed by atoms with Crippen LogP contribution in [0, 0.1) is 6.92 Å². The second kappa shape index (κ2) is 9.59. The Hall–Kier alpha value is -3.54. The highest BCUT2D eigenvalue weighted by molar-refractivity contribution is 6.04. The van der Waals surface area contributed by atoms with E-state index in [9.17, 15) is 4.79 Å². The van der Waals surface area contributed by atoms with Crippen molar-refractivity contribution in [3.05, 3.63) is 77.6 Å². The van der Waals surface area contributed by atoms with Crippen LogP contribution in [0.3, 0.4) is 0 Å². The Labute approximate surface area is 170 Å². The number of pyridine rings is 1. The third-order valence-electron chi connectivity index (χ3n) is 4.58. The Balaban J connectivity index is 1.60. The molecule has 1 amide bonds. The number of anilines is 2. The lowest BCUT2D eigenvalue weighted by Crippen LogP contribution is -2.14. The first-order valence-electron chi connectivity index (χ1n) is 9.37. The average molecular weight is 391 g/mol. The summed E-state index contributed by atoms with van der Waals surface area (Å²) in [6.07, 6.45) is 4.06. The molecule has 0 aliphatic heterocycles. The summed E-state index contributed by atoms with van der Waals surface area (Å²) in [6.45, 7) is 2.65. The summed E-state index contributed by atoms with van der Waals surface area (Å²) in [5.74, 6) is 1.23. The molecule has 0 aliphatic rings. The van der Waals surface area contributed by atoms with Crippen LogP contribution in [-0.4, -0.2) is 31.7 Å². The van der Waals surface area contributed by atoms with Gasteiger partial charge in [0.05, 0.1) is 25.5 Å². The number of aromatic nitrogens is 1. The van der Waals surface area contributed by atoms with E-state index in [1.54, 1.807) is 32.7 Å². The van der Waals surface area contributed by atoms with Gasteiger partial charge in [0.25, 0.3) is 5.91 Å². The number of para-hydroxylation sites is 1. The third kappa shape index (κ3) is 5.25. The highest BCUT2D eigenvalue weighted by Gasteiger charge is 2.09. The summed E-state index contributed by atoms with van der Waals surface area (Å²) in [4.78, 5) is 16.7. The van der Waals surface area contributed by atoms with Crippen LogP contribution in [0.4, 0.5) is 11.4 Å². The number of amides is 1. The summed E-state index contributed by atoms with van der Waals surface area (Å²) < 4.78 is 10.6. The number of hydrogen-bond donors (Lipinski definition) is 2. The molecule has 0 saturated heterocycles. The molecule has 0 unspecified atom stereocenters. The van der Waals surface area contributed by atoms with Crippen molar-refractivity contribution in [3.63, 3.8) is 0 Å². The van der Waals surface area contributed by atoms with Crippen LogP contribution in [0.5, 0.6) is 11.5 Å². The number of ether oxygens (including phenoxy) is 2. The van der Waals surface area contributed by atoms with Crippen molar-refractivity contribution in [2.45, 2.75) is 13.3 Å². The first-order valence-corrected chi connectivity index (χ1v) is 9.37. The Bertz CT molecular complexity index is 989. The lowest BCUT2D eigenvalue weighted by atomic mass is 10.1. The van der Waals surface area contributed by atoms with Crippen LogP contribution in [0.15, 0.2) is 60.9 Å². The number of carbonyl (C=O) groups is 1. The van der Waals surface area contributed by atoms with Gasteiger partial charge in [-0.2, -0.15) is 0 Å². The van der Waals surface area contributed by atoms with Crippen LogP contribution in [0.25, 0.3) is 0 Å². The van der Waals surface area contributed by atoms with E-state index in [1.165, 1.54) is 0 Å². The lowest BCUT2D eigenvalue weighted by molar-refractivity contribution is 0.102. The summed E-state index contributed by atoms with van der Waals surface area (Å²) >= 11 is 0. The monoisotopic (exact) mass is 391 g/mol.